The first-order valence-electron chi connectivity index (χ1n) is 12.4. The minimum atomic E-state index is -0.654. The van der Waals surface area contributed by atoms with Gasteiger partial charge in [0.25, 0.3) is 5.91 Å². The molecule has 0 bridgehead atoms. The summed E-state index contributed by atoms with van der Waals surface area (Å²) in [6, 6.07) is 6.13. The van der Waals surface area contributed by atoms with Crippen molar-refractivity contribution in [3.05, 3.63) is 46.0 Å². The Kier molecular flexibility index (Phi) is 6.63. The van der Waals surface area contributed by atoms with E-state index in [1.807, 2.05) is 4.90 Å². The highest BCUT2D eigenvalue weighted by atomic mass is 32.1. The van der Waals surface area contributed by atoms with Gasteiger partial charge in [-0.25, -0.2) is 9.37 Å². The van der Waals surface area contributed by atoms with Crippen LogP contribution in [0.3, 0.4) is 0 Å². The number of amides is 1. The lowest BCUT2D eigenvalue weighted by molar-refractivity contribution is -0.119. The standard InChI is InChI=1S/C24H23BFN9O4S/c25-13-10-14(26)15(11-17(13)39-12-18(27)36)33-6-3-32(4-7-33)5-8-34-21-19(40-24(34)37)22-29-20(16-2-1-9-38-16)31-35(22)23(28)30-21/h1-2,9-11H,3-8,12H2,(H2,27,36)(H2,28,30). The number of ether oxygens (including phenoxy) is 1. The Balaban J connectivity index is 1.16. The number of halogens is 1. The molecule has 4 aromatic heterocycles. The van der Waals surface area contributed by atoms with E-state index in [9.17, 15) is 14.0 Å². The summed E-state index contributed by atoms with van der Waals surface area (Å²) >= 11 is 1.04. The topological polar surface area (TPSA) is 163 Å². The molecule has 0 aliphatic carbocycles. The Morgan fingerprint density at radius 2 is 1.98 bits per heavy atom. The number of thiazole rings is 1. The van der Waals surface area contributed by atoms with Crippen LogP contribution in [0.5, 0.6) is 5.75 Å². The predicted octanol–water partition coefficient (Wildman–Crippen LogP) is -0.0379. The molecule has 0 atom stereocenters. The number of aromatic nitrogens is 5. The summed E-state index contributed by atoms with van der Waals surface area (Å²) in [4.78, 5) is 36.9. The van der Waals surface area contributed by atoms with Crippen LogP contribution in [0.25, 0.3) is 27.6 Å². The molecule has 204 valence electrons. The number of piperazine rings is 1. The normalized spacial score (nSPS) is 14.4. The summed E-state index contributed by atoms with van der Waals surface area (Å²) in [5.41, 5.74) is 12.6. The molecule has 40 heavy (non-hydrogen) atoms. The highest BCUT2D eigenvalue weighted by Crippen LogP contribution is 2.27. The molecule has 1 aliphatic heterocycles. The second kappa shape index (κ2) is 10.3. The molecule has 0 spiro atoms. The van der Waals surface area contributed by atoms with Crippen LogP contribution in [0, 0.1) is 5.82 Å². The number of carbonyl (C=O) groups excluding carboxylic acids is 1. The molecular formula is C24H23BFN9O4S. The molecule has 1 aromatic carbocycles. The number of nitrogen functional groups attached to an aromatic ring is 1. The molecular weight excluding hydrogens is 540 g/mol. The predicted molar refractivity (Wildman–Crippen MR) is 148 cm³/mol. The van der Waals surface area contributed by atoms with Crippen LogP contribution < -0.4 is 31.4 Å². The molecule has 1 aliphatic rings. The zero-order valence-electron chi connectivity index (χ0n) is 21.1. The second-order valence-corrected chi connectivity index (χ2v) is 10.2. The maximum atomic E-state index is 14.7. The van der Waals surface area contributed by atoms with E-state index in [-0.39, 0.29) is 28.6 Å². The minimum absolute atomic E-state index is 0.0874. The Hall–Kier alpha value is -4.44. The number of hydrogen-bond acceptors (Lipinski definition) is 11. The number of fused-ring (bicyclic) bond motifs is 3. The lowest BCUT2D eigenvalue weighted by Crippen LogP contribution is -2.47. The van der Waals surface area contributed by atoms with Crippen molar-refractivity contribution < 1.29 is 18.3 Å². The van der Waals surface area contributed by atoms with E-state index < -0.39 is 11.7 Å². The van der Waals surface area contributed by atoms with Gasteiger partial charge in [0.15, 0.2) is 23.7 Å². The van der Waals surface area contributed by atoms with Gasteiger partial charge in [-0.1, -0.05) is 16.8 Å². The molecule has 2 radical (unpaired) electrons. The van der Waals surface area contributed by atoms with Crippen LogP contribution in [0.4, 0.5) is 16.0 Å². The van der Waals surface area contributed by atoms with Crippen LogP contribution in [0.1, 0.15) is 0 Å². The van der Waals surface area contributed by atoms with E-state index in [2.05, 4.69) is 20.0 Å². The largest absolute Gasteiger partial charge is 0.484 e. The molecule has 6 rings (SSSR count). The maximum absolute atomic E-state index is 14.7. The molecule has 16 heteroatoms. The molecule has 4 N–H and O–H groups in total. The fourth-order valence-corrected chi connectivity index (χ4v) is 5.60. The van der Waals surface area contributed by atoms with Gasteiger partial charge < -0.3 is 25.5 Å². The van der Waals surface area contributed by atoms with Crippen molar-refractivity contribution in [1.82, 2.24) is 29.0 Å². The number of rotatable bonds is 8. The van der Waals surface area contributed by atoms with Crippen LogP contribution in [-0.2, 0) is 11.3 Å². The third-order valence-electron chi connectivity index (χ3n) is 6.66. The molecule has 0 unspecified atom stereocenters. The quantitative estimate of drug-likeness (QED) is 0.245. The number of furan rings is 1. The summed E-state index contributed by atoms with van der Waals surface area (Å²) in [5.74, 6) is 0.00533. The van der Waals surface area contributed by atoms with Crippen molar-refractivity contribution in [2.24, 2.45) is 5.73 Å². The van der Waals surface area contributed by atoms with Crippen molar-refractivity contribution in [3.63, 3.8) is 0 Å². The van der Waals surface area contributed by atoms with Gasteiger partial charge in [-0.05, 0) is 18.2 Å². The fraction of sp³-hybridized carbons (Fsp3) is 0.292. The van der Waals surface area contributed by atoms with Gasteiger partial charge in [-0.15, -0.1) is 5.10 Å². The van der Waals surface area contributed by atoms with Crippen molar-refractivity contribution >= 4 is 58.2 Å². The van der Waals surface area contributed by atoms with Gasteiger partial charge in [0, 0.05) is 45.3 Å². The smallest absolute Gasteiger partial charge is 0.309 e. The molecule has 1 fully saturated rings. The number of hydrogen-bond donors (Lipinski definition) is 2. The average molecular weight is 563 g/mol. The first-order valence-corrected chi connectivity index (χ1v) is 13.2. The Labute approximate surface area is 231 Å². The summed E-state index contributed by atoms with van der Waals surface area (Å²) in [5, 5.41) is 4.37. The van der Waals surface area contributed by atoms with Gasteiger partial charge in [-0.2, -0.15) is 9.50 Å². The zero-order valence-corrected chi connectivity index (χ0v) is 21.9. The van der Waals surface area contributed by atoms with E-state index in [0.29, 0.717) is 72.5 Å². The van der Waals surface area contributed by atoms with Gasteiger partial charge in [0.1, 0.15) is 24.1 Å². The van der Waals surface area contributed by atoms with Crippen molar-refractivity contribution in [2.75, 3.05) is 50.0 Å². The Morgan fingerprint density at radius 1 is 1.18 bits per heavy atom. The van der Waals surface area contributed by atoms with Gasteiger partial charge in [0.2, 0.25) is 11.8 Å². The van der Waals surface area contributed by atoms with E-state index in [1.54, 1.807) is 16.7 Å². The van der Waals surface area contributed by atoms with E-state index >= 15 is 0 Å². The molecule has 13 nitrogen and oxygen atoms in total. The van der Waals surface area contributed by atoms with E-state index in [0.717, 1.165) is 11.3 Å². The Bertz CT molecular complexity index is 1780. The maximum Gasteiger partial charge on any atom is 0.309 e. The lowest BCUT2D eigenvalue weighted by Gasteiger charge is -2.36. The highest BCUT2D eigenvalue weighted by molar-refractivity contribution is 7.17. The van der Waals surface area contributed by atoms with Crippen LogP contribution >= 0.6 is 11.3 Å². The highest BCUT2D eigenvalue weighted by Gasteiger charge is 2.23. The SMILES string of the molecule is [B]c1cc(F)c(N2CCN(CCn3c(=O)sc4c3nc(N)n3nc(-c5ccco5)nc43)CC2)cc1OCC(N)=O. The molecule has 5 aromatic rings. The van der Waals surface area contributed by atoms with Gasteiger partial charge >= 0.3 is 4.87 Å². The van der Waals surface area contributed by atoms with Crippen molar-refractivity contribution in [1.29, 1.82) is 0 Å². The lowest BCUT2D eigenvalue weighted by atomic mass is 9.94. The van der Waals surface area contributed by atoms with E-state index in [1.165, 1.54) is 22.9 Å². The number of primary amides is 1. The minimum Gasteiger partial charge on any atom is -0.484 e. The van der Waals surface area contributed by atoms with Crippen LogP contribution in [0.2, 0.25) is 0 Å². The van der Waals surface area contributed by atoms with Crippen molar-refractivity contribution in [3.8, 4) is 17.3 Å². The summed E-state index contributed by atoms with van der Waals surface area (Å²) < 4.78 is 29.0. The summed E-state index contributed by atoms with van der Waals surface area (Å²) in [6.45, 7) is 2.96. The third-order valence-corrected chi connectivity index (χ3v) is 7.62. The van der Waals surface area contributed by atoms with E-state index in [4.69, 9.17) is 28.5 Å². The van der Waals surface area contributed by atoms with Gasteiger partial charge in [0.05, 0.1) is 12.0 Å². The average Bonchev–Trinajstić information content (AvgIpc) is 3.67. The fourth-order valence-electron chi connectivity index (χ4n) is 4.66. The number of nitrogens with zero attached hydrogens (tertiary/aromatic N) is 7. The third kappa shape index (κ3) is 4.75. The number of anilines is 2. The van der Waals surface area contributed by atoms with Crippen LogP contribution in [0.15, 0.2) is 39.7 Å². The number of benzene rings is 1. The molecule has 1 saturated heterocycles. The molecule has 0 saturated carbocycles. The van der Waals surface area contributed by atoms with Crippen molar-refractivity contribution in [2.45, 2.75) is 6.54 Å². The van der Waals surface area contributed by atoms with Gasteiger partial charge in [-0.3, -0.25) is 19.1 Å². The zero-order chi connectivity index (χ0) is 28.0. The molecule has 1 amide bonds. The number of carbonyl (C=O) groups is 1. The second-order valence-electron chi connectivity index (χ2n) is 9.22. The molecule has 5 heterocycles. The number of nitrogens with two attached hydrogens (primary N) is 2. The first-order chi connectivity index (χ1) is 19.3. The Morgan fingerprint density at radius 3 is 2.70 bits per heavy atom. The van der Waals surface area contributed by atoms with Crippen LogP contribution in [-0.4, -0.2) is 82.1 Å². The first kappa shape index (κ1) is 25.8. The summed E-state index contributed by atoms with van der Waals surface area (Å²) in [7, 11) is 5.83. The summed E-state index contributed by atoms with van der Waals surface area (Å²) in [6.07, 6.45) is 1.53. The monoisotopic (exact) mass is 563 g/mol.